The maximum Gasteiger partial charge on any atom is 0.236 e. The summed E-state index contributed by atoms with van der Waals surface area (Å²) in [6.45, 7) is 0.754. The van der Waals surface area contributed by atoms with Crippen LogP contribution in [0.4, 0.5) is 0 Å². The van der Waals surface area contributed by atoms with E-state index in [1.807, 2.05) is 30.3 Å². The Morgan fingerprint density at radius 3 is 2.78 bits per heavy atom. The van der Waals surface area contributed by atoms with E-state index in [4.69, 9.17) is 4.74 Å². The van der Waals surface area contributed by atoms with Gasteiger partial charge in [-0.15, -0.1) is 0 Å². The zero-order chi connectivity index (χ0) is 16.1. The van der Waals surface area contributed by atoms with Gasteiger partial charge in [-0.1, -0.05) is 30.3 Å². The van der Waals surface area contributed by atoms with Gasteiger partial charge in [-0.2, -0.15) is 4.31 Å². The summed E-state index contributed by atoms with van der Waals surface area (Å²) in [6.07, 6.45) is 6.66. The molecule has 120 valence electrons. The van der Waals surface area contributed by atoms with Crippen molar-refractivity contribution in [1.82, 2.24) is 14.3 Å². The molecule has 7 heteroatoms. The molecule has 0 radical (unpaired) electrons. The lowest BCUT2D eigenvalue weighted by Gasteiger charge is -2.14. The highest BCUT2D eigenvalue weighted by Crippen LogP contribution is 2.19. The van der Waals surface area contributed by atoms with Crippen molar-refractivity contribution in [3.63, 3.8) is 0 Å². The van der Waals surface area contributed by atoms with Crippen molar-refractivity contribution in [1.29, 1.82) is 0 Å². The van der Waals surface area contributed by atoms with Crippen LogP contribution in [0.5, 0.6) is 5.88 Å². The van der Waals surface area contributed by atoms with Crippen LogP contribution in [0.1, 0.15) is 12.0 Å². The largest absolute Gasteiger partial charge is 0.472 e. The first-order valence-electron chi connectivity index (χ1n) is 7.29. The van der Waals surface area contributed by atoms with E-state index in [1.165, 1.54) is 15.9 Å². The number of nitrogens with zero attached hydrogens (tertiary/aromatic N) is 3. The molecule has 3 rings (SSSR count). The van der Waals surface area contributed by atoms with Gasteiger partial charge >= 0.3 is 0 Å². The molecule has 1 aromatic heterocycles. The van der Waals surface area contributed by atoms with Gasteiger partial charge in [0.2, 0.25) is 15.9 Å². The second-order valence-corrected chi connectivity index (χ2v) is 7.01. The van der Waals surface area contributed by atoms with Crippen LogP contribution in [0.25, 0.3) is 6.08 Å². The SMILES string of the molecule is O=S(=O)(/C=C/c1ccccc1)N1CC[C@@H](Oc2cnccn2)C1. The normalized spacial score (nSPS) is 19.2. The van der Waals surface area contributed by atoms with Gasteiger partial charge in [0.15, 0.2) is 0 Å². The van der Waals surface area contributed by atoms with Gasteiger partial charge in [-0.3, -0.25) is 4.98 Å². The smallest absolute Gasteiger partial charge is 0.236 e. The second kappa shape index (κ2) is 6.89. The molecule has 0 unspecified atom stereocenters. The Bertz CT molecular complexity index is 764. The van der Waals surface area contributed by atoms with Crippen molar-refractivity contribution in [2.45, 2.75) is 12.5 Å². The Morgan fingerprint density at radius 2 is 2.04 bits per heavy atom. The third-order valence-corrected chi connectivity index (χ3v) is 5.06. The Hall–Kier alpha value is -2.25. The third-order valence-electron chi connectivity index (χ3n) is 3.53. The first-order chi connectivity index (χ1) is 11.1. The molecule has 1 atom stereocenters. The summed E-state index contributed by atoms with van der Waals surface area (Å²) in [5, 5.41) is 1.24. The van der Waals surface area contributed by atoms with Gasteiger partial charge in [-0.25, -0.2) is 13.4 Å². The molecule has 2 heterocycles. The predicted octanol–water partition coefficient (Wildman–Crippen LogP) is 1.93. The first kappa shape index (κ1) is 15.6. The van der Waals surface area contributed by atoms with Gasteiger partial charge in [0, 0.05) is 24.3 Å². The van der Waals surface area contributed by atoms with Gasteiger partial charge in [0.25, 0.3) is 0 Å². The Labute approximate surface area is 135 Å². The lowest BCUT2D eigenvalue weighted by atomic mass is 10.2. The van der Waals surface area contributed by atoms with Crippen LogP contribution in [-0.2, 0) is 10.0 Å². The highest BCUT2D eigenvalue weighted by Gasteiger charge is 2.31. The van der Waals surface area contributed by atoms with Gasteiger partial charge in [-0.05, 0) is 18.1 Å². The summed E-state index contributed by atoms with van der Waals surface area (Å²) in [5.74, 6) is 0.413. The first-order valence-corrected chi connectivity index (χ1v) is 8.80. The van der Waals surface area contributed by atoms with Crippen molar-refractivity contribution in [2.24, 2.45) is 0 Å². The molecule has 0 saturated carbocycles. The number of rotatable bonds is 5. The molecular weight excluding hydrogens is 314 g/mol. The molecule has 1 saturated heterocycles. The molecule has 0 amide bonds. The molecule has 1 aliphatic rings. The summed E-state index contributed by atoms with van der Waals surface area (Å²) >= 11 is 0. The van der Waals surface area contributed by atoms with Crippen molar-refractivity contribution in [3.05, 3.63) is 59.9 Å². The molecule has 1 aliphatic heterocycles. The van der Waals surface area contributed by atoms with Gasteiger partial charge < -0.3 is 4.74 Å². The lowest BCUT2D eigenvalue weighted by molar-refractivity contribution is 0.206. The number of sulfonamides is 1. The van der Waals surface area contributed by atoms with E-state index in [0.29, 0.717) is 25.4 Å². The molecule has 0 spiro atoms. The van der Waals surface area contributed by atoms with Crippen molar-refractivity contribution >= 4 is 16.1 Å². The summed E-state index contributed by atoms with van der Waals surface area (Å²) in [5.41, 5.74) is 0.850. The van der Waals surface area contributed by atoms with E-state index < -0.39 is 10.0 Å². The summed E-state index contributed by atoms with van der Waals surface area (Å²) in [6, 6.07) is 9.34. The van der Waals surface area contributed by atoms with E-state index in [9.17, 15) is 8.42 Å². The molecule has 2 aromatic rings. The average Bonchev–Trinajstić information content (AvgIpc) is 3.04. The van der Waals surface area contributed by atoms with Crippen LogP contribution in [0.15, 0.2) is 54.3 Å². The number of hydrogen-bond donors (Lipinski definition) is 0. The quantitative estimate of drug-likeness (QED) is 0.837. The van der Waals surface area contributed by atoms with Crippen LogP contribution in [0, 0.1) is 0 Å². The molecule has 0 N–H and O–H groups in total. The van der Waals surface area contributed by atoms with Gasteiger partial charge in [0.05, 0.1) is 12.7 Å². The van der Waals surface area contributed by atoms with Crippen molar-refractivity contribution in [3.8, 4) is 5.88 Å². The van der Waals surface area contributed by atoms with Crippen LogP contribution in [0.3, 0.4) is 0 Å². The van der Waals surface area contributed by atoms with Crippen LogP contribution < -0.4 is 4.74 Å². The maximum absolute atomic E-state index is 12.4. The Kier molecular flexibility index (Phi) is 4.68. The number of hydrogen-bond acceptors (Lipinski definition) is 5. The minimum Gasteiger partial charge on any atom is -0.472 e. The Morgan fingerprint density at radius 1 is 1.22 bits per heavy atom. The molecular formula is C16H17N3O3S. The molecule has 0 aliphatic carbocycles. The molecule has 1 aromatic carbocycles. The lowest BCUT2D eigenvalue weighted by Crippen LogP contribution is -2.29. The zero-order valence-corrected chi connectivity index (χ0v) is 13.3. The van der Waals surface area contributed by atoms with E-state index in [-0.39, 0.29) is 6.10 Å². The molecule has 0 bridgehead atoms. The van der Waals surface area contributed by atoms with Crippen LogP contribution in [-0.4, -0.2) is 41.9 Å². The Balaban J connectivity index is 1.62. The second-order valence-electron chi connectivity index (χ2n) is 5.19. The van der Waals surface area contributed by atoms with Crippen molar-refractivity contribution in [2.75, 3.05) is 13.1 Å². The van der Waals surface area contributed by atoms with Gasteiger partial charge in [0.1, 0.15) is 6.10 Å². The number of ether oxygens (including phenoxy) is 1. The topological polar surface area (TPSA) is 72.4 Å². The highest BCUT2D eigenvalue weighted by molar-refractivity contribution is 7.92. The maximum atomic E-state index is 12.4. The minimum absolute atomic E-state index is 0.202. The van der Waals surface area contributed by atoms with E-state index in [1.54, 1.807) is 18.5 Å². The summed E-state index contributed by atoms with van der Waals surface area (Å²) in [4.78, 5) is 7.97. The highest BCUT2D eigenvalue weighted by atomic mass is 32.2. The molecule has 6 nitrogen and oxygen atoms in total. The fourth-order valence-corrected chi connectivity index (χ4v) is 3.59. The fourth-order valence-electron chi connectivity index (χ4n) is 2.36. The minimum atomic E-state index is -3.45. The molecule has 1 fully saturated rings. The summed E-state index contributed by atoms with van der Waals surface area (Å²) < 4.78 is 31.8. The van der Waals surface area contributed by atoms with Crippen molar-refractivity contribution < 1.29 is 13.2 Å². The summed E-state index contributed by atoms with van der Waals surface area (Å²) in [7, 11) is -3.45. The monoisotopic (exact) mass is 331 g/mol. The van der Waals surface area contributed by atoms with E-state index in [0.717, 1.165) is 5.56 Å². The fraction of sp³-hybridized carbons (Fsp3) is 0.250. The standard InChI is InChI=1S/C16H17N3O3S/c20-23(21,11-7-14-4-2-1-3-5-14)19-10-6-15(13-19)22-16-12-17-8-9-18-16/h1-5,7-9,11-12,15H,6,10,13H2/b11-7+/t15-/m1/s1. The number of aromatic nitrogens is 2. The third kappa shape index (κ3) is 4.14. The van der Waals surface area contributed by atoms with Crippen LogP contribution in [0.2, 0.25) is 0 Å². The van der Waals surface area contributed by atoms with E-state index >= 15 is 0 Å². The average molecular weight is 331 g/mol. The van der Waals surface area contributed by atoms with E-state index in [2.05, 4.69) is 9.97 Å². The van der Waals surface area contributed by atoms with Crippen LogP contribution >= 0.6 is 0 Å². The zero-order valence-electron chi connectivity index (χ0n) is 12.4. The number of benzene rings is 1. The predicted molar refractivity (Wildman–Crippen MR) is 87.0 cm³/mol. The molecule has 23 heavy (non-hydrogen) atoms.